The molecule has 0 aliphatic carbocycles. The van der Waals surface area contributed by atoms with Gasteiger partial charge in [-0.15, -0.1) is 0 Å². The van der Waals surface area contributed by atoms with Crippen LogP contribution in [0.2, 0.25) is 0 Å². The average Bonchev–Trinajstić information content (AvgIpc) is 2.87. The Morgan fingerprint density at radius 2 is 0.609 bits per heavy atom. The minimum atomic E-state index is 0.0492. The fourth-order valence-corrected chi connectivity index (χ4v) is 8.88. The molecule has 0 bridgehead atoms. The van der Waals surface area contributed by atoms with Gasteiger partial charge in [0.1, 0.15) is 0 Å². The van der Waals surface area contributed by atoms with Crippen LogP contribution in [-0.2, 0) is 32.5 Å². The number of hydrogen-bond donors (Lipinski definition) is 0. The first-order chi connectivity index (χ1) is 20.6. The summed E-state index contributed by atoms with van der Waals surface area (Å²) in [5.74, 6) is 4.91. The Balaban J connectivity index is 2.27. The normalized spacial score (nSPS) is 14.1. The van der Waals surface area contributed by atoms with E-state index in [0.29, 0.717) is 0 Å². The lowest BCUT2D eigenvalue weighted by atomic mass is 9.75. The minimum absolute atomic E-state index is 0.0492. The zero-order chi connectivity index (χ0) is 35.3. The average molecular weight is 655 g/mol. The predicted octanol–water partition coefficient (Wildman–Crippen LogP) is 12.3. The van der Waals surface area contributed by atoms with E-state index >= 15 is 0 Å². The van der Waals surface area contributed by atoms with E-state index in [0.717, 1.165) is 0 Å². The molecule has 46 heavy (non-hydrogen) atoms. The van der Waals surface area contributed by atoms with Crippen molar-refractivity contribution in [3.8, 4) is 0 Å². The van der Waals surface area contributed by atoms with Gasteiger partial charge in [0.05, 0.1) is 0 Å². The van der Waals surface area contributed by atoms with E-state index < -0.39 is 0 Å². The number of benzene rings is 3. The quantitative estimate of drug-likeness (QED) is 0.246. The van der Waals surface area contributed by atoms with Gasteiger partial charge in [0.25, 0.3) is 0 Å². The highest BCUT2D eigenvalue weighted by Gasteiger charge is 2.30. The van der Waals surface area contributed by atoms with Crippen LogP contribution in [0.15, 0.2) is 48.5 Å². The van der Waals surface area contributed by atoms with E-state index in [4.69, 9.17) is 0 Å². The second kappa shape index (κ2) is 13.1. The summed E-state index contributed by atoms with van der Waals surface area (Å²) in [7, 11) is 2.50. The zero-order valence-electron chi connectivity index (χ0n) is 32.7. The van der Waals surface area contributed by atoms with Crippen molar-refractivity contribution < 1.29 is 0 Å². The van der Waals surface area contributed by atoms with Gasteiger partial charge in [0.15, 0.2) is 0 Å². The lowest BCUT2D eigenvalue weighted by Gasteiger charge is -2.32. The van der Waals surface area contributed by atoms with Crippen molar-refractivity contribution in [2.24, 2.45) is 0 Å². The highest BCUT2D eigenvalue weighted by Crippen LogP contribution is 2.37. The third-order valence-electron chi connectivity index (χ3n) is 8.85. The lowest BCUT2D eigenvalue weighted by Crippen LogP contribution is -2.30. The topological polar surface area (TPSA) is 0 Å². The maximum absolute atomic E-state index is 2.49. The summed E-state index contributed by atoms with van der Waals surface area (Å²) in [5, 5.41) is 2.92. The summed E-state index contributed by atoms with van der Waals surface area (Å²) in [6, 6.07) is 18.9. The van der Waals surface area contributed by atoms with Crippen LogP contribution in [0.5, 0.6) is 0 Å². The van der Waals surface area contributed by atoms with Crippen molar-refractivity contribution in [3.63, 3.8) is 0 Å². The van der Waals surface area contributed by atoms with Crippen LogP contribution in [0.3, 0.4) is 0 Å². The summed E-state index contributed by atoms with van der Waals surface area (Å²) in [5.41, 5.74) is 11.7. The first-order valence-electron chi connectivity index (χ1n) is 17.2. The number of rotatable bonds is 4. The van der Waals surface area contributed by atoms with Gasteiger partial charge in [-0.1, -0.05) is 190 Å². The molecule has 250 valence electrons. The Kier molecular flexibility index (Phi) is 11.0. The summed E-state index contributed by atoms with van der Waals surface area (Å²) < 4.78 is 0. The van der Waals surface area contributed by atoms with Crippen molar-refractivity contribution in [2.45, 2.75) is 157 Å². The second-order valence-electron chi connectivity index (χ2n) is 19.5. The third kappa shape index (κ3) is 9.33. The molecule has 3 rings (SSSR count). The van der Waals surface area contributed by atoms with Gasteiger partial charge in [0, 0.05) is 10.6 Å². The molecule has 0 radical (unpaired) electrons. The van der Waals surface area contributed by atoms with Crippen molar-refractivity contribution in [2.75, 3.05) is 0 Å². The third-order valence-corrected chi connectivity index (χ3v) is 11.1. The minimum Gasteiger partial charge on any atom is -0.0672 e. The summed E-state index contributed by atoms with van der Waals surface area (Å²) in [6.45, 7) is 42.4. The maximum atomic E-state index is 2.49. The Hall–Kier alpha value is -2.00. The van der Waals surface area contributed by atoms with E-state index in [1.54, 1.807) is 0 Å². The predicted molar refractivity (Wildman–Crippen MR) is 215 cm³/mol. The Labute approximate surface area is 287 Å². The Bertz CT molecular complexity index is 1410. The molecule has 0 spiro atoms. The standard InChI is InChI=1S/C44H64P2/c1-39(2,3)31-23-33(41(7,8)9)37(34(24-31)42(10,11)12)45-27-29-21-19-20-22-30(29)28-46-38-35(43(13,14)15)25-32(40(4,5)6)26-36(38)44(16,17)18/h19-28H,1-18H3. The molecular weight excluding hydrogens is 590 g/mol. The largest absolute Gasteiger partial charge is 0.0672 e. The van der Waals surface area contributed by atoms with Crippen molar-refractivity contribution in [3.05, 3.63) is 93.0 Å². The first kappa shape index (κ1) is 38.4. The lowest BCUT2D eigenvalue weighted by molar-refractivity contribution is 0.553. The van der Waals surface area contributed by atoms with E-state index in [-0.39, 0.29) is 32.5 Å². The van der Waals surface area contributed by atoms with Crippen LogP contribution < -0.4 is 10.6 Å². The van der Waals surface area contributed by atoms with E-state index in [1.165, 1.54) is 71.5 Å². The van der Waals surface area contributed by atoms with Crippen LogP contribution in [-0.4, -0.2) is 11.6 Å². The molecule has 0 fully saturated rings. The highest BCUT2D eigenvalue weighted by atomic mass is 31.1. The zero-order valence-corrected chi connectivity index (χ0v) is 34.5. The molecule has 0 aromatic heterocycles. The van der Waals surface area contributed by atoms with E-state index in [2.05, 4.69) is 185 Å². The van der Waals surface area contributed by atoms with E-state index in [9.17, 15) is 0 Å². The second-order valence-corrected chi connectivity index (χ2v) is 21.4. The molecule has 2 heteroatoms. The van der Waals surface area contributed by atoms with Crippen molar-refractivity contribution in [1.82, 2.24) is 0 Å². The molecule has 3 aromatic carbocycles. The molecule has 0 saturated heterocycles. The molecule has 0 aliphatic rings. The molecule has 0 N–H and O–H groups in total. The molecule has 0 aliphatic heterocycles. The van der Waals surface area contributed by atoms with Gasteiger partial charge < -0.3 is 0 Å². The molecule has 0 nitrogen and oxygen atoms in total. The molecule has 0 saturated carbocycles. The van der Waals surface area contributed by atoms with Crippen LogP contribution in [0.25, 0.3) is 0 Å². The fourth-order valence-electron chi connectivity index (χ4n) is 5.71. The number of hydrogen-bond acceptors (Lipinski definition) is 0. The molecule has 0 unspecified atom stereocenters. The molecule has 0 heterocycles. The van der Waals surface area contributed by atoms with Gasteiger partial charge in [-0.25, -0.2) is 0 Å². The summed E-state index contributed by atoms with van der Waals surface area (Å²) in [6.07, 6.45) is 0. The first-order valence-corrected chi connectivity index (χ1v) is 19.1. The molecule has 0 amide bonds. The van der Waals surface area contributed by atoms with Gasteiger partial charge in [0.2, 0.25) is 0 Å². The highest BCUT2D eigenvalue weighted by molar-refractivity contribution is 7.48. The van der Waals surface area contributed by atoms with Gasteiger partial charge in [-0.05, 0) is 88.6 Å². The van der Waals surface area contributed by atoms with E-state index in [1.807, 2.05) is 0 Å². The molecular formula is C44H64P2. The summed E-state index contributed by atoms with van der Waals surface area (Å²) >= 11 is 0. The van der Waals surface area contributed by atoms with Crippen LogP contribution >= 0.6 is 16.4 Å². The summed E-state index contributed by atoms with van der Waals surface area (Å²) in [4.78, 5) is 0. The molecule has 3 aromatic rings. The molecule has 0 atom stereocenters. The van der Waals surface area contributed by atoms with Crippen molar-refractivity contribution in [1.29, 1.82) is 0 Å². The van der Waals surface area contributed by atoms with Gasteiger partial charge >= 0.3 is 0 Å². The Morgan fingerprint density at radius 1 is 0.370 bits per heavy atom. The smallest absolute Gasteiger partial charge is 0.00929 e. The van der Waals surface area contributed by atoms with Crippen LogP contribution in [0.4, 0.5) is 0 Å². The van der Waals surface area contributed by atoms with Gasteiger partial charge in [-0.2, -0.15) is 0 Å². The Morgan fingerprint density at radius 3 is 0.804 bits per heavy atom. The monoisotopic (exact) mass is 654 g/mol. The van der Waals surface area contributed by atoms with Crippen LogP contribution in [0.1, 0.15) is 169 Å². The SMILES string of the molecule is CC(C)(C)c1cc(C(C)(C)C)c(P=Cc2ccccc2C=Pc2c(C(C)(C)C)cc(C(C)(C)C)cc2C(C)(C)C)c(C(C)(C)C)c1. The fraction of sp³-hybridized carbons (Fsp3) is 0.545. The maximum Gasteiger partial charge on any atom is 0.00929 e. The van der Waals surface area contributed by atoms with Gasteiger partial charge in [-0.3, -0.25) is 0 Å². The van der Waals surface area contributed by atoms with Crippen molar-refractivity contribution >= 4 is 38.6 Å². The van der Waals surface area contributed by atoms with Crippen LogP contribution in [0, 0.1) is 0 Å².